The zero-order chi connectivity index (χ0) is 13.0. The second-order valence-corrected chi connectivity index (χ2v) is 3.98. The summed E-state index contributed by atoms with van der Waals surface area (Å²) in [5, 5.41) is 4.87. The Hall–Kier alpha value is -2.27. The van der Waals surface area contributed by atoms with Crippen LogP contribution in [0.4, 0.5) is 0 Å². The summed E-state index contributed by atoms with van der Waals surface area (Å²) in [6.07, 6.45) is 3.33. The van der Waals surface area contributed by atoms with Crippen LogP contribution in [0.15, 0.2) is 41.6 Å². The number of carbonyl (C=O) groups excluding carboxylic acids is 1. The largest absolute Gasteiger partial charge is 0.320 e. The molecule has 1 heterocycles. The Morgan fingerprint density at radius 1 is 1.50 bits per heavy atom. The Kier molecular flexibility index (Phi) is 3.64. The summed E-state index contributed by atoms with van der Waals surface area (Å²) in [7, 11) is 0. The summed E-state index contributed by atoms with van der Waals surface area (Å²) in [6, 6.07) is 9.02. The normalized spacial score (nSPS) is 12.8. The minimum absolute atomic E-state index is 0.311. The summed E-state index contributed by atoms with van der Waals surface area (Å²) in [6.45, 7) is 1.60. The van der Waals surface area contributed by atoms with Gasteiger partial charge in [0.05, 0.1) is 17.8 Å². The lowest BCUT2D eigenvalue weighted by Gasteiger charge is -2.02. The number of fused-ring (bicyclic) bond motifs is 1. The lowest BCUT2D eigenvalue weighted by Crippen LogP contribution is -2.35. The van der Waals surface area contributed by atoms with Crippen molar-refractivity contribution < 1.29 is 4.79 Å². The van der Waals surface area contributed by atoms with Gasteiger partial charge in [0.15, 0.2) is 0 Å². The van der Waals surface area contributed by atoms with Crippen molar-refractivity contribution in [1.29, 1.82) is 0 Å². The molecule has 0 fully saturated rings. The number of hydrogen-bond acceptors (Lipinski definition) is 4. The van der Waals surface area contributed by atoms with E-state index in [-0.39, 0.29) is 5.91 Å². The maximum atomic E-state index is 11.2. The molecule has 0 unspecified atom stereocenters. The molecule has 18 heavy (non-hydrogen) atoms. The molecule has 0 saturated heterocycles. The summed E-state index contributed by atoms with van der Waals surface area (Å²) in [5.74, 6) is -0.311. The van der Waals surface area contributed by atoms with Crippen LogP contribution in [-0.2, 0) is 4.79 Å². The Morgan fingerprint density at radius 3 is 3.11 bits per heavy atom. The van der Waals surface area contributed by atoms with Gasteiger partial charge in [-0.15, -0.1) is 0 Å². The van der Waals surface area contributed by atoms with Crippen LogP contribution >= 0.6 is 0 Å². The number of aromatic nitrogens is 1. The molecule has 0 aliphatic heterocycles. The van der Waals surface area contributed by atoms with E-state index in [0.29, 0.717) is 0 Å². The number of nitrogens with one attached hydrogen (secondary N) is 1. The van der Waals surface area contributed by atoms with Crippen molar-refractivity contribution in [1.82, 2.24) is 10.4 Å². The molecular weight excluding hydrogens is 228 g/mol. The van der Waals surface area contributed by atoms with Gasteiger partial charge in [-0.05, 0) is 30.7 Å². The monoisotopic (exact) mass is 242 g/mol. The van der Waals surface area contributed by atoms with E-state index < -0.39 is 6.04 Å². The molecule has 5 heteroatoms. The van der Waals surface area contributed by atoms with Crippen LogP contribution in [0.25, 0.3) is 10.9 Å². The van der Waals surface area contributed by atoms with Crippen molar-refractivity contribution >= 4 is 23.0 Å². The quantitative estimate of drug-likeness (QED) is 0.623. The van der Waals surface area contributed by atoms with E-state index in [1.54, 1.807) is 19.3 Å². The zero-order valence-corrected chi connectivity index (χ0v) is 10.00. The van der Waals surface area contributed by atoms with E-state index in [4.69, 9.17) is 5.73 Å². The molecule has 2 rings (SSSR count). The van der Waals surface area contributed by atoms with Crippen molar-refractivity contribution in [3.8, 4) is 0 Å². The van der Waals surface area contributed by atoms with Crippen LogP contribution < -0.4 is 11.2 Å². The number of nitrogens with zero attached hydrogens (tertiary/aromatic N) is 2. The molecule has 92 valence electrons. The lowest BCUT2D eigenvalue weighted by atomic mass is 10.1. The van der Waals surface area contributed by atoms with Crippen LogP contribution in [0.5, 0.6) is 0 Å². The SMILES string of the molecule is C[C@H](N)C(=O)NN=Cc1ccc2ncccc2c1. The van der Waals surface area contributed by atoms with Crippen LogP contribution in [-0.4, -0.2) is 23.1 Å². The highest BCUT2D eigenvalue weighted by atomic mass is 16.2. The van der Waals surface area contributed by atoms with E-state index >= 15 is 0 Å². The van der Waals surface area contributed by atoms with Gasteiger partial charge in [-0.2, -0.15) is 5.10 Å². The van der Waals surface area contributed by atoms with Crippen LogP contribution in [0.3, 0.4) is 0 Å². The van der Waals surface area contributed by atoms with Gasteiger partial charge in [0.1, 0.15) is 0 Å². The van der Waals surface area contributed by atoms with Gasteiger partial charge in [0, 0.05) is 11.6 Å². The molecule has 0 radical (unpaired) electrons. The van der Waals surface area contributed by atoms with Crippen molar-refractivity contribution in [3.63, 3.8) is 0 Å². The first-order valence-electron chi connectivity index (χ1n) is 5.60. The molecule has 0 aliphatic carbocycles. The second-order valence-electron chi connectivity index (χ2n) is 3.98. The fraction of sp³-hybridized carbons (Fsp3) is 0.154. The highest BCUT2D eigenvalue weighted by Gasteiger charge is 2.04. The molecule has 1 aromatic carbocycles. The molecule has 1 aromatic heterocycles. The fourth-order valence-corrected chi connectivity index (χ4v) is 1.45. The number of carbonyl (C=O) groups is 1. The molecule has 3 N–H and O–H groups in total. The topological polar surface area (TPSA) is 80.4 Å². The minimum Gasteiger partial charge on any atom is -0.320 e. The third-order valence-corrected chi connectivity index (χ3v) is 2.43. The van der Waals surface area contributed by atoms with Crippen LogP contribution in [0.1, 0.15) is 12.5 Å². The van der Waals surface area contributed by atoms with Gasteiger partial charge >= 0.3 is 0 Å². The third kappa shape index (κ3) is 2.89. The smallest absolute Gasteiger partial charge is 0.256 e. The van der Waals surface area contributed by atoms with Crippen molar-refractivity contribution in [2.45, 2.75) is 13.0 Å². The summed E-state index contributed by atoms with van der Waals surface area (Å²) in [4.78, 5) is 15.4. The van der Waals surface area contributed by atoms with Gasteiger partial charge in [-0.25, -0.2) is 5.43 Å². The average Bonchev–Trinajstić information content (AvgIpc) is 2.38. The van der Waals surface area contributed by atoms with E-state index in [9.17, 15) is 4.79 Å². The molecular formula is C13H14N4O. The van der Waals surface area contributed by atoms with Crippen LogP contribution in [0, 0.1) is 0 Å². The van der Waals surface area contributed by atoms with Gasteiger partial charge < -0.3 is 5.73 Å². The molecule has 0 bridgehead atoms. The molecule has 1 amide bonds. The number of nitrogens with two attached hydrogens (primary N) is 1. The minimum atomic E-state index is -0.567. The Bertz CT molecular complexity index is 592. The molecule has 2 aromatic rings. The third-order valence-electron chi connectivity index (χ3n) is 2.43. The highest BCUT2D eigenvalue weighted by Crippen LogP contribution is 2.11. The van der Waals surface area contributed by atoms with Gasteiger partial charge in [0.25, 0.3) is 5.91 Å². The van der Waals surface area contributed by atoms with E-state index in [0.717, 1.165) is 16.5 Å². The standard InChI is InChI=1S/C13H14N4O/c1-9(14)13(18)17-16-8-10-4-5-12-11(7-10)3-2-6-15-12/h2-9H,14H2,1H3,(H,17,18)/t9-/m0/s1. The van der Waals surface area contributed by atoms with Crippen molar-refractivity contribution in [3.05, 3.63) is 42.1 Å². The number of hydrogen-bond donors (Lipinski definition) is 2. The molecule has 0 aliphatic rings. The average molecular weight is 242 g/mol. The number of benzene rings is 1. The number of hydrazone groups is 1. The van der Waals surface area contributed by atoms with E-state index in [1.807, 2.05) is 30.3 Å². The first-order valence-corrected chi connectivity index (χ1v) is 5.60. The predicted octanol–water partition coefficient (Wildman–Crippen LogP) is 1.03. The zero-order valence-electron chi connectivity index (χ0n) is 10.00. The summed E-state index contributed by atoms with van der Waals surface area (Å²) in [5.41, 5.74) is 9.58. The van der Waals surface area contributed by atoms with Crippen LogP contribution in [0.2, 0.25) is 0 Å². The number of rotatable bonds is 3. The van der Waals surface area contributed by atoms with Gasteiger partial charge in [-0.3, -0.25) is 9.78 Å². The summed E-state index contributed by atoms with van der Waals surface area (Å²) < 4.78 is 0. The fourth-order valence-electron chi connectivity index (χ4n) is 1.45. The highest BCUT2D eigenvalue weighted by molar-refractivity contribution is 5.89. The maximum Gasteiger partial charge on any atom is 0.256 e. The Morgan fingerprint density at radius 2 is 2.33 bits per heavy atom. The van der Waals surface area contributed by atoms with E-state index in [1.165, 1.54) is 0 Å². The molecule has 5 nitrogen and oxygen atoms in total. The first-order chi connectivity index (χ1) is 8.66. The predicted molar refractivity (Wildman–Crippen MR) is 71.1 cm³/mol. The number of pyridine rings is 1. The molecule has 0 spiro atoms. The van der Waals surface area contributed by atoms with Gasteiger partial charge in [0.2, 0.25) is 0 Å². The Balaban J connectivity index is 2.12. The second kappa shape index (κ2) is 5.37. The van der Waals surface area contributed by atoms with Gasteiger partial charge in [-0.1, -0.05) is 12.1 Å². The molecule has 1 atom stereocenters. The Labute approximate surface area is 105 Å². The number of amides is 1. The first kappa shape index (κ1) is 12.2. The van der Waals surface area contributed by atoms with Crippen molar-refractivity contribution in [2.75, 3.05) is 0 Å². The summed E-state index contributed by atoms with van der Waals surface area (Å²) >= 11 is 0. The van der Waals surface area contributed by atoms with Crippen molar-refractivity contribution in [2.24, 2.45) is 10.8 Å². The molecule has 0 saturated carbocycles. The lowest BCUT2D eigenvalue weighted by molar-refractivity contribution is -0.121. The maximum absolute atomic E-state index is 11.2. The van der Waals surface area contributed by atoms with E-state index in [2.05, 4.69) is 15.5 Å².